The van der Waals surface area contributed by atoms with Gasteiger partial charge in [-0.1, -0.05) is 170 Å². The van der Waals surface area contributed by atoms with Crippen molar-refractivity contribution in [3.63, 3.8) is 0 Å². The van der Waals surface area contributed by atoms with E-state index in [0.29, 0.717) is 0 Å². The molecule has 4 heteroatoms. The van der Waals surface area contributed by atoms with Crippen LogP contribution in [0.4, 0.5) is 34.1 Å². The third-order valence-electron chi connectivity index (χ3n) is 13.0. The van der Waals surface area contributed by atoms with Crippen LogP contribution in [0.15, 0.2) is 243 Å². The van der Waals surface area contributed by atoms with Crippen molar-refractivity contribution in [2.45, 2.75) is 0 Å². The summed E-state index contributed by atoms with van der Waals surface area (Å²) in [4.78, 5) is 4.72. The van der Waals surface area contributed by atoms with Crippen LogP contribution in [0.1, 0.15) is 0 Å². The molecule has 0 unspecified atom stereocenters. The summed E-state index contributed by atoms with van der Waals surface area (Å²) in [6, 6.07) is 88.4. The van der Waals surface area contributed by atoms with Gasteiger partial charge < -0.3 is 9.80 Å². The molecule has 0 aliphatic heterocycles. The van der Waals surface area contributed by atoms with Crippen LogP contribution in [0, 0.1) is 0 Å². The van der Waals surface area contributed by atoms with Crippen molar-refractivity contribution in [3.8, 4) is 22.3 Å². The molecule has 0 fully saturated rings. The minimum absolute atomic E-state index is 1.13. The van der Waals surface area contributed by atoms with Crippen LogP contribution in [0.2, 0.25) is 0 Å². The van der Waals surface area contributed by atoms with Crippen molar-refractivity contribution >= 4 is 119 Å². The minimum Gasteiger partial charge on any atom is -0.310 e. The van der Waals surface area contributed by atoms with Crippen LogP contribution in [-0.4, -0.2) is 0 Å². The Hall–Kier alpha value is -8.02. The first-order valence-electron chi connectivity index (χ1n) is 22.4. The lowest BCUT2D eigenvalue weighted by molar-refractivity contribution is 1.29. The zero-order valence-electron chi connectivity index (χ0n) is 35.8. The molecule has 2 nitrogen and oxygen atoms in total. The smallest absolute Gasteiger partial charge is 0.0534 e. The molecular formula is C62H40N2S2. The molecule has 0 aliphatic rings. The average Bonchev–Trinajstić information content (AvgIpc) is 3.97. The van der Waals surface area contributed by atoms with E-state index >= 15 is 0 Å². The Morgan fingerprint density at radius 1 is 0.212 bits per heavy atom. The summed E-state index contributed by atoms with van der Waals surface area (Å²) >= 11 is 3.88. The largest absolute Gasteiger partial charge is 0.310 e. The number of fused-ring (bicyclic) bond motifs is 11. The molecule has 0 spiro atoms. The molecule has 66 heavy (non-hydrogen) atoms. The fourth-order valence-electron chi connectivity index (χ4n) is 9.81. The minimum atomic E-state index is 1.13. The second kappa shape index (κ2) is 15.9. The highest BCUT2D eigenvalue weighted by Gasteiger charge is 2.19. The Labute approximate surface area is 391 Å². The van der Waals surface area contributed by atoms with Gasteiger partial charge in [0.15, 0.2) is 0 Å². The molecule has 0 N–H and O–H groups in total. The zero-order chi connectivity index (χ0) is 43.6. The lowest BCUT2D eigenvalue weighted by Gasteiger charge is -2.26. The summed E-state index contributed by atoms with van der Waals surface area (Å²) < 4.78 is 5.40. The van der Waals surface area contributed by atoms with E-state index < -0.39 is 0 Å². The van der Waals surface area contributed by atoms with Gasteiger partial charge in [0.25, 0.3) is 0 Å². The van der Waals surface area contributed by atoms with Crippen LogP contribution in [0.3, 0.4) is 0 Å². The van der Waals surface area contributed by atoms with Gasteiger partial charge in [0, 0.05) is 65.1 Å². The molecule has 0 aliphatic carbocycles. The average molecular weight is 877 g/mol. The maximum Gasteiger partial charge on any atom is 0.0534 e. The van der Waals surface area contributed by atoms with Gasteiger partial charge in [0.1, 0.15) is 0 Å². The third-order valence-corrected chi connectivity index (χ3v) is 15.7. The summed E-state index contributed by atoms with van der Waals surface area (Å²) in [5.41, 5.74) is 11.6. The maximum atomic E-state index is 2.36. The molecule has 0 radical (unpaired) electrons. The molecule has 13 aromatic rings. The quantitative estimate of drug-likeness (QED) is 0.150. The van der Waals surface area contributed by atoms with E-state index in [1.807, 2.05) is 22.7 Å². The van der Waals surface area contributed by atoms with E-state index in [2.05, 4.69) is 252 Å². The van der Waals surface area contributed by atoms with E-state index in [-0.39, 0.29) is 0 Å². The Bertz CT molecular complexity index is 3640. The second-order valence-electron chi connectivity index (χ2n) is 16.9. The summed E-state index contributed by atoms with van der Waals surface area (Å²) in [6.45, 7) is 0. The summed E-state index contributed by atoms with van der Waals surface area (Å²) in [6.07, 6.45) is 0. The SMILES string of the molecule is c1ccc(-c2ccc(N(c3ccccc3)c3ccc4c(ccc5c6ccc7c8ccc9cc(N(c%10ccccc%10)c%10ccc(-c%11ccccc%11)cc%10)ccc9c8sc7c6sc45)c3)cc2)cc1. The van der Waals surface area contributed by atoms with Crippen LogP contribution < -0.4 is 9.80 Å². The molecule has 13 rings (SSSR count). The van der Waals surface area contributed by atoms with Gasteiger partial charge in [-0.25, -0.2) is 0 Å². The fourth-order valence-corrected chi connectivity index (χ4v) is 12.6. The highest BCUT2D eigenvalue weighted by Crippen LogP contribution is 2.49. The fraction of sp³-hybridized carbons (Fsp3) is 0. The van der Waals surface area contributed by atoms with Crippen LogP contribution >= 0.6 is 22.7 Å². The Kier molecular flexibility index (Phi) is 9.26. The predicted molar refractivity (Wildman–Crippen MR) is 287 cm³/mol. The highest BCUT2D eigenvalue weighted by molar-refractivity contribution is 7.34. The summed E-state index contributed by atoms with van der Waals surface area (Å²) in [5, 5.41) is 10.3. The number of anilines is 6. The lowest BCUT2D eigenvalue weighted by Crippen LogP contribution is -2.09. The normalized spacial score (nSPS) is 11.6. The molecular weight excluding hydrogens is 837 g/mol. The van der Waals surface area contributed by atoms with E-state index in [1.54, 1.807) is 0 Å². The number of thiophene rings is 2. The maximum absolute atomic E-state index is 2.36. The molecule has 0 bridgehead atoms. The number of benzene rings is 11. The van der Waals surface area contributed by atoms with E-state index in [1.165, 1.54) is 84.1 Å². The van der Waals surface area contributed by atoms with Crippen molar-refractivity contribution < 1.29 is 0 Å². The third kappa shape index (κ3) is 6.53. The van der Waals surface area contributed by atoms with Gasteiger partial charge in [-0.05, 0) is 117 Å². The number of nitrogens with zero attached hydrogens (tertiary/aromatic N) is 2. The highest BCUT2D eigenvalue weighted by atomic mass is 32.1. The first-order valence-corrected chi connectivity index (χ1v) is 24.0. The number of hydrogen-bond donors (Lipinski definition) is 0. The molecule has 11 aromatic carbocycles. The van der Waals surface area contributed by atoms with E-state index in [9.17, 15) is 0 Å². The van der Waals surface area contributed by atoms with Gasteiger partial charge in [-0.2, -0.15) is 0 Å². The van der Waals surface area contributed by atoms with Gasteiger partial charge in [0.05, 0.1) is 9.40 Å². The monoisotopic (exact) mass is 876 g/mol. The molecule has 0 atom stereocenters. The van der Waals surface area contributed by atoms with Crippen molar-refractivity contribution in [1.82, 2.24) is 0 Å². The first kappa shape index (κ1) is 38.4. The lowest BCUT2D eigenvalue weighted by atomic mass is 10.0. The predicted octanol–water partition coefficient (Wildman–Crippen LogP) is 19.0. The topological polar surface area (TPSA) is 6.48 Å². The standard InChI is InChI=1S/C62H40N2S2/c1-5-13-41(14-6-1)43-21-27-49(28-22-43)63(47-17-9-3-10-18-47)51-31-35-53-45(39-51)25-33-55-57-37-38-58-56-34-26-46-40-52(32-36-54(46)60(56)66-62(58)61(57)65-59(53)55)64(48-19-11-4-12-20-48)50-29-23-44(24-30-50)42-15-7-2-8-16-42/h1-40H. The second-order valence-corrected chi connectivity index (χ2v) is 18.9. The van der Waals surface area contributed by atoms with Gasteiger partial charge in [-0.3, -0.25) is 0 Å². The van der Waals surface area contributed by atoms with E-state index in [4.69, 9.17) is 0 Å². The number of hydrogen-bond acceptors (Lipinski definition) is 4. The van der Waals surface area contributed by atoms with E-state index in [0.717, 1.165) is 34.1 Å². The van der Waals surface area contributed by atoms with Crippen molar-refractivity contribution in [1.29, 1.82) is 0 Å². The van der Waals surface area contributed by atoms with Crippen LogP contribution in [0.5, 0.6) is 0 Å². The first-order chi connectivity index (χ1) is 32.7. The number of rotatable bonds is 8. The van der Waals surface area contributed by atoms with Crippen molar-refractivity contribution in [2.24, 2.45) is 0 Å². The van der Waals surface area contributed by atoms with Crippen molar-refractivity contribution in [2.75, 3.05) is 9.80 Å². The molecule has 2 aromatic heterocycles. The molecule has 2 heterocycles. The van der Waals surface area contributed by atoms with Gasteiger partial charge in [-0.15, -0.1) is 22.7 Å². The molecule has 310 valence electrons. The molecule has 0 saturated heterocycles. The van der Waals surface area contributed by atoms with Gasteiger partial charge >= 0.3 is 0 Å². The van der Waals surface area contributed by atoms with Crippen LogP contribution in [0.25, 0.3) is 84.1 Å². The van der Waals surface area contributed by atoms with Crippen LogP contribution in [-0.2, 0) is 0 Å². The zero-order valence-corrected chi connectivity index (χ0v) is 37.4. The Morgan fingerprint density at radius 3 is 0.894 bits per heavy atom. The molecule has 0 amide bonds. The van der Waals surface area contributed by atoms with Crippen molar-refractivity contribution in [3.05, 3.63) is 243 Å². The summed E-state index contributed by atoms with van der Waals surface area (Å²) in [7, 11) is 0. The summed E-state index contributed by atoms with van der Waals surface area (Å²) in [5.74, 6) is 0. The Balaban J connectivity index is 0.890. The van der Waals surface area contributed by atoms with Gasteiger partial charge in [0.2, 0.25) is 0 Å². The molecule has 0 saturated carbocycles. The Morgan fingerprint density at radius 2 is 0.500 bits per heavy atom. The number of para-hydroxylation sites is 2.